The van der Waals surface area contributed by atoms with Crippen LogP contribution >= 0.6 is 0 Å². The molecule has 0 aromatic heterocycles. The molecule has 0 aromatic rings. The Kier molecular flexibility index (Phi) is 3.53. The summed E-state index contributed by atoms with van der Waals surface area (Å²) >= 11 is 0. The zero-order chi connectivity index (χ0) is 8.97. The molecule has 1 unspecified atom stereocenters. The number of hydrogen-bond donors (Lipinski definition) is 2. The van der Waals surface area contributed by atoms with Crippen molar-refractivity contribution in [3.05, 3.63) is 0 Å². The van der Waals surface area contributed by atoms with Gasteiger partial charge in [0.05, 0.1) is 0 Å². The van der Waals surface area contributed by atoms with Crippen LogP contribution in [0, 0.1) is 5.92 Å². The van der Waals surface area contributed by atoms with Gasteiger partial charge in [0.1, 0.15) is 0 Å². The molecule has 1 amide bonds. The van der Waals surface area contributed by atoms with Crippen molar-refractivity contribution < 1.29 is 4.79 Å². The molecule has 0 bridgehead atoms. The van der Waals surface area contributed by atoms with Gasteiger partial charge in [-0.25, -0.2) is 0 Å². The molecule has 0 saturated heterocycles. The van der Waals surface area contributed by atoms with Crippen LogP contribution in [0.25, 0.3) is 0 Å². The topological polar surface area (TPSA) is 55.1 Å². The third-order valence-corrected chi connectivity index (χ3v) is 2.16. The van der Waals surface area contributed by atoms with E-state index in [0.29, 0.717) is 19.0 Å². The predicted octanol–water partition coefficient (Wildman–Crippen LogP) is 0.640. The first-order valence-electron chi connectivity index (χ1n) is 4.71. The van der Waals surface area contributed by atoms with Gasteiger partial charge in [0.15, 0.2) is 0 Å². The molecule has 1 saturated carbocycles. The zero-order valence-electron chi connectivity index (χ0n) is 7.68. The second-order valence-corrected chi connectivity index (χ2v) is 3.69. The molecular weight excluding hydrogens is 152 g/mol. The minimum atomic E-state index is 0.0886. The van der Waals surface area contributed by atoms with Crippen LogP contribution in [0.4, 0.5) is 0 Å². The molecule has 1 rings (SSSR count). The molecule has 1 fully saturated rings. The Morgan fingerprint density at radius 1 is 1.67 bits per heavy atom. The van der Waals surface area contributed by atoms with Crippen LogP contribution in [0.5, 0.6) is 0 Å². The van der Waals surface area contributed by atoms with Crippen molar-refractivity contribution in [3.8, 4) is 0 Å². The number of carbonyl (C=O) groups is 1. The third-order valence-electron chi connectivity index (χ3n) is 2.16. The molecule has 1 atom stereocenters. The second kappa shape index (κ2) is 4.45. The Morgan fingerprint density at radius 2 is 2.33 bits per heavy atom. The van der Waals surface area contributed by atoms with Crippen molar-refractivity contribution in [2.75, 3.05) is 6.54 Å². The first-order chi connectivity index (χ1) is 5.72. The van der Waals surface area contributed by atoms with E-state index in [9.17, 15) is 4.79 Å². The monoisotopic (exact) mass is 170 g/mol. The maximum Gasteiger partial charge on any atom is 0.221 e. The lowest BCUT2D eigenvalue weighted by molar-refractivity contribution is -0.121. The van der Waals surface area contributed by atoms with Gasteiger partial charge in [0.25, 0.3) is 0 Å². The summed E-state index contributed by atoms with van der Waals surface area (Å²) in [4.78, 5) is 11.1. The highest BCUT2D eigenvalue weighted by molar-refractivity contribution is 5.76. The molecule has 0 radical (unpaired) electrons. The molecule has 0 aromatic carbocycles. The fraction of sp³-hybridized carbons (Fsp3) is 0.889. The van der Waals surface area contributed by atoms with Crippen LogP contribution in [0.2, 0.25) is 0 Å². The summed E-state index contributed by atoms with van der Waals surface area (Å²) in [6.07, 6.45) is 4.28. The molecule has 0 spiro atoms. The highest BCUT2D eigenvalue weighted by atomic mass is 16.1. The highest BCUT2D eigenvalue weighted by Gasteiger charge is 2.23. The van der Waals surface area contributed by atoms with Gasteiger partial charge in [-0.3, -0.25) is 4.79 Å². The lowest BCUT2D eigenvalue weighted by Crippen LogP contribution is -2.33. The van der Waals surface area contributed by atoms with Crippen LogP contribution in [0.15, 0.2) is 0 Å². The van der Waals surface area contributed by atoms with Gasteiger partial charge in [-0.1, -0.05) is 12.8 Å². The zero-order valence-corrected chi connectivity index (χ0v) is 7.68. The maximum atomic E-state index is 11.1. The van der Waals surface area contributed by atoms with Crippen molar-refractivity contribution in [1.82, 2.24) is 5.32 Å². The molecule has 3 heteroatoms. The van der Waals surface area contributed by atoms with E-state index in [1.54, 1.807) is 0 Å². The average Bonchev–Trinajstić information content (AvgIpc) is 2.71. The van der Waals surface area contributed by atoms with Crippen LogP contribution in [0.3, 0.4) is 0 Å². The van der Waals surface area contributed by atoms with Crippen LogP contribution in [0.1, 0.15) is 32.6 Å². The summed E-state index contributed by atoms with van der Waals surface area (Å²) in [7, 11) is 0. The Hall–Kier alpha value is -0.570. The molecular formula is C9H18N2O. The summed E-state index contributed by atoms with van der Waals surface area (Å²) < 4.78 is 0. The standard InChI is InChI=1S/C9H18N2O/c1-7(6-8-2-3-8)11-9(12)4-5-10/h7-8H,2-6,10H2,1H3,(H,11,12). The Bertz CT molecular complexity index is 155. The van der Waals surface area contributed by atoms with Crippen molar-refractivity contribution in [3.63, 3.8) is 0 Å². The number of nitrogens with one attached hydrogen (secondary N) is 1. The van der Waals surface area contributed by atoms with E-state index in [1.807, 2.05) is 0 Å². The fourth-order valence-electron chi connectivity index (χ4n) is 1.39. The molecule has 3 nitrogen and oxygen atoms in total. The van der Waals surface area contributed by atoms with Crippen LogP contribution in [-0.2, 0) is 4.79 Å². The lowest BCUT2D eigenvalue weighted by Gasteiger charge is -2.12. The quantitative estimate of drug-likeness (QED) is 0.636. The Balaban J connectivity index is 2.06. The molecule has 1 aliphatic rings. The first kappa shape index (κ1) is 9.52. The minimum absolute atomic E-state index is 0.0886. The van der Waals surface area contributed by atoms with Crippen molar-refractivity contribution in [1.29, 1.82) is 0 Å². The van der Waals surface area contributed by atoms with Crippen LogP contribution in [-0.4, -0.2) is 18.5 Å². The fourth-order valence-corrected chi connectivity index (χ4v) is 1.39. The average molecular weight is 170 g/mol. The number of amides is 1. The number of nitrogens with two attached hydrogens (primary N) is 1. The van der Waals surface area contributed by atoms with Crippen molar-refractivity contribution in [2.45, 2.75) is 38.6 Å². The normalized spacial score (nSPS) is 18.8. The SMILES string of the molecule is CC(CC1CC1)NC(=O)CCN. The molecule has 3 N–H and O–H groups in total. The third kappa shape index (κ3) is 3.72. The van der Waals surface area contributed by atoms with E-state index >= 15 is 0 Å². The minimum Gasteiger partial charge on any atom is -0.354 e. The second-order valence-electron chi connectivity index (χ2n) is 3.69. The summed E-state index contributed by atoms with van der Waals surface area (Å²) in [5.41, 5.74) is 5.26. The van der Waals surface area contributed by atoms with Gasteiger partial charge in [-0.2, -0.15) is 0 Å². The first-order valence-corrected chi connectivity index (χ1v) is 4.71. The van der Waals surface area contributed by atoms with Gasteiger partial charge < -0.3 is 11.1 Å². The Morgan fingerprint density at radius 3 is 2.83 bits per heavy atom. The number of carbonyl (C=O) groups excluding carboxylic acids is 1. The molecule has 1 aliphatic carbocycles. The lowest BCUT2D eigenvalue weighted by atomic mass is 10.1. The van der Waals surface area contributed by atoms with Gasteiger partial charge >= 0.3 is 0 Å². The van der Waals surface area contributed by atoms with Crippen LogP contribution < -0.4 is 11.1 Å². The number of hydrogen-bond acceptors (Lipinski definition) is 2. The maximum absolute atomic E-state index is 11.1. The summed E-state index contributed by atoms with van der Waals surface area (Å²) in [6, 6.07) is 0.330. The smallest absolute Gasteiger partial charge is 0.221 e. The van der Waals surface area contributed by atoms with E-state index in [4.69, 9.17) is 5.73 Å². The van der Waals surface area contributed by atoms with E-state index in [-0.39, 0.29) is 5.91 Å². The van der Waals surface area contributed by atoms with Crippen molar-refractivity contribution in [2.24, 2.45) is 11.7 Å². The van der Waals surface area contributed by atoms with E-state index in [1.165, 1.54) is 12.8 Å². The molecule has 12 heavy (non-hydrogen) atoms. The predicted molar refractivity (Wildman–Crippen MR) is 48.6 cm³/mol. The van der Waals surface area contributed by atoms with Gasteiger partial charge in [0, 0.05) is 19.0 Å². The largest absolute Gasteiger partial charge is 0.354 e. The van der Waals surface area contributed by atoms with E-state index in [2.05, 4.69) is 12.2 Å². The van der Waals surface area contributed by atoms with E-state index < -0.39 is 0 Å². The summed E-state index contributed by atoms with van der Waals surface area (Å²) in [5.74, 6) is 0.962. The Labute approximate surface area is 73.7 Å². The molecule has 0 aliphatic heterocycles. The van der Waals surface area contributed by atoms with Gasteiger partial charge in [0.2, 0.25) is 5.91 Å². The highest BCUT2D eigenvalue weighted by Crippen LogP contribution is 2.33. The summed E-state index contributed by atoms with van der Waals surface area (Å²) in [6.45, 7) is 2.51. The summed E-state index contributed by atoms with van der Waals surface area (Å²) in [5, 5.41) is 2.93. The van der Waals surface area contributed by atoms with Crippen molar-refractivity contribution >= 4 is 5.91 Å². The number of rotatable bonds is 5. The molecule has 70 valence electrons. The van der Waals surface area contributed by atoms with E-state index in [0.717, 1.165) is 12.3 Å². The van der Waals surface area contributed by atoms with Gasteiger partial charge in [-0.15, -0.1) is 0 Å². The van der Waals surface area contributed by atoms with Gasteiger partial charge in [-0.05, 0) is 19.3 Å². The molecule has 0 heterocycles.